The predicted octanol–water partition coefficient (Wildman–Crippen LogP) is 4.77. The topological polar surface area (TPSA) is 113 Å². The minimum Gasteiger partial charge on any atom is -0.462 e. The summed E-state index contributed by atoms with van der Waals surface area (Å²) >= 11 is 7.13. The molecular weight excluding hydrogens is 470 g/mol. The highest BCUT2D eigenvalue weighted by Gasteiger charge is 2.28. The highest BCUT2D eigenvalue weighted by molar-refractivity contribution is 7.18. The number of nitrogens with zero attached hydrogens (tertiary/aromatic N) is 2. The lowest BCUT2D eigenvalue weighted by molar-refractivity contribution is 0.0527. The Bertz CT molecular complexity index is 1210. The monoisotopic (exact) mass is 493 g/mol. The largest absolute Gasteiger partial charge is 0.462 e. The Morgan fingerprint density at radius 3 is 2.39 bits per heavy atom. The van der Waals surface area contributed by atoms with E-state index in [4.69, 9.17) is 25.5 Å². The van der Waals surface area contributed by atoms with Crippen LogP contribution in [-0.4, -0.2) is 40.8 Å². The normalized spacial score (nSPS) is 10.8. The number of amides is 1. The fraction of sp³-hybridized carbons (Fsp3) is 0.364. The molecule has 0 aliphatic rings. The van der Waals surface area contributed by atoms with E-state index in [-0.39, 0.29) is 34.4 Å². The molecule has 11 heteroatoms. The molecule has 0 atom stereocenters. The standard InChI is InChI=1S/C22H24ClN3O6S/c1-6-30-21(28)16-11(3)18(22(29)31-7-2)33-20(16)24-19(27)15-9-8-14(32-15)10-26-13(5)17(23)12(4)25-26/h8-9H,6-7,10H2,1-5H3,(H,24,27). The Morgan fingerprint density at radius 1 is 1.12 bits per heavy atom. The second kappa shape index (κ2) is 10.2. The molecule has 0 fully saturated rings. The van der Waals surface area contributed by atoms with Crippen molar-refractivity contribution >= 4 is 45.8 Å². The van der Waals surface area contributed by atoms with E-state index in [2.05, 4.69) is 10.4 Å². The van der Waals surface area contributed by atoms with Gasteiger partial charge in [-0.3, -0.25) is 9.48 Å². The number of hydrogen-bond donors (Lipinski definition) is 1. The van der Waals surface area contributed by atoms with Crippen molar-refractivity contribution < 1.29 is 28.3 Å². The number of anilines is 1. The van der Waals surface area contributed by atoms with Crippen molar-refractivity contribution in [1.82, 2.24) is 9.78 Å². The maximum atomic E-state index is 12.8. The molecule has 3 heterocycles. The Kier molecular flexibility index (Phi) is 7.60. The smallest absolute Gasteiger partial charge is 0.348 e. The Hall–Kier alpha value is -3.11. The number of aryl methyl sites for hydroxylation is 1. The average molecular weight is 494 g/mol. The van der Waals surface area contributed by atoms with Crippen molar-refractivity contribution in [2.75, 3.05) is 18.5 Å². The van der Waals surface area contributed by atoms with Crippen molar-refractivity contribution in [1.29, 1.82) is 0 Å². The molecular formula is C22H24ClN3O6S. The van der Waals surface area contributed by atoms with Crippen LogP contribution >= 0.6 is 22.9 Å². The second-order valence-corrected chi connectivity index (χ2v) is 8.46. The Balaban J connectivity index is 1.85. The van der Waals surface area contributed by atoms with Crippen LogP contribution in [0, 0.1) is 20.8 Å². The molecule has 0 saturated carbocycles. The number of carbonyl (C=O) groups is 3. The van der Waals surface area contributed by atoms with Crippen molar-refractivity contribution in [3.8, 4) is 0 Å². The molecule has 0 unspecified atom stereocenters. The molecule has 1 amide bonds. The van der Waals surface area contributed by atoms with Crippen molar-refractivity contribution in [3.05, 3.63) is 56.1 Å². The van der Waals surface area contributed by atoms with Crippen LogP contribution in [0.2, 0.25) is 5.02 Å². The first-order valence-corrected chi connectivity index (χ1v) is 11.4. The number of furan rings is 1. The van der Waals surface area contributed by atoms with Crippen molar-refractivity contribution in [3.63, 3.8) is 0 Å². The van der Waals surface area contributed by atoms with Crippen LogP contribution in [-0.2, 0) is 16.0 Å². The first-order chi connectivity index (χ1) is 15.7. The van der Waals surface area contributed by atoms with Crippen LogP contribution < -0.4 is 5.32 Å². The Labute approximate surface area is 199 Å². The van der Waals surface area contributed by atoms with Crippen LogP contribution in [0.25, 0.3) is 0 Å². The summed E-state index contributed by atoms with van der Waals surface area (Å²) in [4.78, 5) is 37.9. The summed E-state index contributed by atoms with van der Waals surface area (Å²) in [7, 11) is 0. The molecule has 176 valence electrons. The second-order valence-electron chi connectivity index (χ2n) is 7.06. The van der Waals surface area contributed by atoms with Gasteiger partial charge in [-0.2, -0.15) is 5.10 Å². The van der Waals surface area contributed by atoms with E-state index in [0.717, 1.165) is 17.0 Å². The lowest BCUT2D eigenvalue weighted by atomic mass is 10.1. The minimum absolute atomic E-state index is 0.0381. The number of carbonyl (C=O) groups excluding carboxylic acids is 3. The molecule has 0 bridgehead atoms. The van der Waals surface area contributed by atoms with Crippen molar-refractivity contribution in [2.45, 2.75) is 41.2 Å². The lowest BCUT2D eigenvalue weighted by Gasteiger charge is -2.06. The zero-order valence-electron chi connectivity index (χ0n) is 18.9. The van der Waals surface area contributed by atoms with E-state index in [1.54, 1.807) is 31.5 Å². The fourth-order valence-corrected chi connectivity index (χ4v) is 4.39. The van der Waals surface area contributed by atoms with Crippen LogP contribution in [0.3, 0.4) is 0 Å². The Morgan fingerprint density at radius 2 is 1.79 bits per heavy atom. The van der Waals surface area contributed by atoms with Gasteiger partial charge in [0, 0.05) is 0 Å². The number of halogens is 1. The van der Waals surface area contributed by atoms with Gasteiger partial charge in [0.05, 0.1) is 41.7 Å². The van der Waals surface area contributed by atoms with E-state index < -0.39 is 17.8 Å². The first kappa shape index (κ1) is 24.5. The summed E-state index contributed by atoms with van der Waals surface area (Å²) < 4.78 is 17.5. The van der Waals surface area contributed by atoms with Gasteiger partial charge < -0.3 is 19.2 Å². The van der Waals surface area contributed by atoms with Gasteiger partial charge in [0.1, 0.15) is 15.6 Å². The number of nitrogens with one attached hydrogen (secondary N) is 1. The number of aromatic nitrogens is 2. The molecule has 0 aliphatic carbocycles. The highest BCUT2D eigenvalue weighted by Crippen LogP contribution is 2.34. The summed E-state index contributed by atoms with van der Waals surface area (Å²) in [6.07, 6.45) is 0. The summed E-state index contributed by atoms with van der Waals surface area (Å²) in [5.41, 5.74) is 1.99. The minimum atomic E-state index is -0.640. The summed E-state index contributed by atoms with van der Waals surface area (Å²) in [6.45, 7) is 9.24. The molecule has 9 nitrogen and oxygen atoms in total. The molecule has 3 aromatic rings. The average Bonchev–Trinajstić information content (AvgIpc) is 3.42. The molecule has 0 saturated heterocycles. The van der Waals surface area contributed by atoms with Gasteiger partial charge in [-0.15, -0.1) is 11.3 Å². The summed E-state index contributed by atoms with van der Waals surface area (Å²) in [5.74, 6) is -1.25. The SMILES string of the molecule is CCOC(=O)c1sc(NC(=O)c2ccc(Cn3nc(C)c(Cl)c3C)o2)c(C(=O)OCC)c1C. The summed E-state index contributed by atoms with van der Waals surface area (Å²) in [5, 5.41) is 7.77. The number of thiophene rings is 1. The van der Waals surface area contributed by atoms with Gasteiger partial charge in [-0.05, 0) is 52.3 Å². The van der Waals surface area contributed by atoms with E-state index in [9.17, 15) is 14.4 Å². The third-order valence-corrected chi connectivity index (χ3v) is 6.53. The van der Waals surface area contributed by atoms with Crippen LogP contribution in [0.5, 0.6) is 0 Å². The molecule has 0 aliphatic heterocycles. The van der Waals surface area contributed by atoms with Crippen molar-refractivity contribution in [2.24, 2.45) is 0 Å². The molecule has 3 rings (SSSR count). The molecule has 3 aromatic heterocycles. The van der Waals surface area contributed by atoms with E-state index in [1.165, 1.54) is 6.07 Å². The van der Waals surface area contributed by atoms with E-state index in [1.807, 2.05) is 13.8 Å². The molecule has 1 N–H and O–H groups in total. The summed E-state index contributed by atoms with van der Waals surface area (Å²) in [6, 6.07) is 3.18. The van der Waals surface area contributed by atoms with Gasteiger partial charge >= 0.3 is 11.9 Å². The zero-order valence-corrected chi connectivity index (χ0v) is 20.5. The van der Waals surface area contributed by atoms with E-state index in [0.29, 0.717) is 28.6 Å². The third kappa shape index (κ3) is 5.12. The van der Waals surface area contributed by atoms with Gasteiger partial charge in [0.2, 0.25) is 0 Å². The van der Waals surface area contributed by atoms with Crippen LogP contribution in [0.1, 0.15) is 67.1 Å². The number of hydrogen-bond acceptors (Lipinski definition) is 8. The van der Waals surface area contributed by atoms with Crippen LogP contribution in [0.15, 0.2) is 16.5 Å². The number of ether oxygens (including phenoxy) is 2. The lowest BCUT2D eigenvalue weighted by Crippen LogP contribution is -2.14. The molecule has 33 heavy (non-hydrogen) atoms. The van der Waals surface area contributed by atoms with Gasteiger partial charge in [-0.1, -0.05) is 11.6 Å². The third-order valence-electron chi connectivity index (χ3n) is 4.80. The first-order valence-electron chi connectivity index (χ1n) is 10.2. The van der Waals surface area contributed by atoms with Gasteiger partial charge in [-0.25, -0.2) is 9.59 Å². The molecule has 0 spiro atoms. The quantitative estimate of drug-likeness (QED) is 0.449. The van der Waals surface area contributed by atoms with Crippen LogP contribution in [0.4, 0.5) is 5.00 Å². The molecule has 0 radical (unpaired) electrons. The van der Waals surface area contributed by atoms with E-state index >= 15 is 0 Å². The number of esters is 2. The maximum absolute atomic E-state index is 12.8. The van der Waals surface area contributed by atoms with Gasteiger partial charge in [0.25, 0.3) is 5.91 Å². The zero-order chi connectivity index (χ0) is 24.3. The van der Waals surface area contributed by atoms with Gasteiger partial charge in [0.15, 0.2) is 5.76 Å². The predicted molar refractivity (Wildman–Crippen MR) is 123 cm³/mol. The fourth-order valence-electron chi connectivity index (χ4n) is 3.17. The molecule has 0 aromatic carbocycles. The number of rotatable bonds is 8. The maximum Gasteiger partial charge on any atom is 0.348 e. The highest BCUT2D eigenvalue weighted by atomic mass is 35.5.